The van der Waals surface area contributed by atoms with E-state index in [1.54, 1.807) is 0 Å². The van der Waals surface area contributed by atoms with Crippen molar-refractivity contribution in [3.63, 3.8) is 0 Å². The van der Waals surface area contributed by atoms with Crippen LogP contribution in [0.15, 0.2) is 0 Å². The van der Waals surface area contributed by atoms with E-state index in [1.807, 2.05) is 6.92 Å². The maximum absolute atomic E-state index is 8.87. The molecule has 0 rings (SSSR count). The van der Waals surface area contributed by atoms with Crippen LogP contribution in [0, 0.1) is 0 Å². The number of aliphatic hydroxyl groups excluding tert-OH is 1. The molecule has 0 amide bonds. The summed E-state index contributed by atoms with van der Waals surface area (Å²) in [4.78, 5) is 0. The lowest BCUT2D eigenvalue weighted by Gasteiger charge is -2.09. The molecule has 0 aromatic rings. The van der Waals surface area contributed by atoms with Gasteiger partial charge in [-0.3, -0.25) is 0 Å². The first-order valence-electron chi connectivity index (χ1n) is 3.24. The van der Waals surface area contributed by atoms with Crippen molar-refractivity contribution in [2.45, 2.75) is 19.1 Å². The summed E-state index contributed by atoms with van der Waals surface area (Å²) in [5.41, 5.74) is 5.38. The number of alkyl halides is 1. The van der Waals surface area contributed by atoms with Gasteiger partial charge in [0, 0.05) is 6.04 Å². The van der Waals surface area contributed by atoms with Gasteiger partial charge in [-0.2, -0.15) is 0 Å². The highest BCUT2D eigenvalue weighted by atomic mass is 35.5. The van der Waals surface area contributed by atoms with E-state index in [1.165, 1.54) is 0 Å². The van der Waals surface area contributed by atoms with Crippen molar-refractivity contribution < 1.29 is 9.84 Å². The van der Waals surface area contributed by atoms with E-state index < -0.39 is 6.10 Å². The molecule has 0 saturated heterocycles. The SMILES string of the molecule is C[C@@H](N)COC[C@H](O)CCl.Cl. The molecule has 11 heavy (non-hydrogen) atoms. The van der Waals surface area contributed by atoms with Crippen molar-refractivity contribution in [2.24, 2.45) is 5.73 Å². The van der Waals surface area contributed by atoms with Gasteiger partial charge in [0.2, 0.25) is 0 Å². The lowest BCUT2D eigenvalue weighted by molar-refractivity contribution is 0.0435. The molecular formula is C6H15Cl2NO2. The van der Waals surface area contributed by atoms with Gasteiger partial charge in [-0.05, 0) is 6.92 Å². The minimum absolute atomic E-state index is 0. The zero-order chi connectivity index (χ0) is 7.98. The summed E-state index contributed by atoms with van der Waals surface area (Å²) < 4.78 is 4.99. The predicted octanol–water partition coefficient (Wildman–Crippen LogP) is 0.372. The van der Waals surface area contributed by atoms with Gasteiger partial charge in [-0.1, -0.05) is 0 Å². The molecule has 0 spiro atoms. The average Bonchev–Trinajstić information content (AvgIpc) is 1.87. The summed E-state index contributed by atoms with van der Waals surface area (Å²) in [5.74, 6) is 0.207. The lowest BCUT2D eigenvalue weighted by atomic mass is 10.4. The molecule has 0 aromatic carbocycles. The summed E-state index contributed by atoms with van der Waals surface area (Å²) in [6.45, 7) is 2.58. The van der Waals surface area contributed by atoms with Crippen LogP contribution in [0.2, 0.25) is 0 Å². The number of rotatable bonds is 5. The Bertz CT molecular complexity index is 83.0. The second kappa shape index (κ2) is 8.56. The van der Waals surface area contributed by atoms with Crippen molar-refractivity contribution in [3.05, 3.63) is 0 Å². The Kier molecular flexibility index (Phi) is 10.9. The molecule has 3 nitrogen and oxygen atoms in total. The van der Waals surface area contributed by atoms with Crippen molar-refractivity contribution in [3.8, 4) is 0 Å². The van der Waals surface area contributed by atoms with Crippen LogP contribution in [-0.4, -0.2) is 36.3 Å². The molecule has 0 fully saturated rings. The van der Waals surface area contributed by atoms with Crippen LogP contribution in [0.25, 0.3) is 0 Å². The van der Waals surface area contributed by atoms with Crippen molar-refractivity contribution >= 4 is 24.0 Å². The number of hydrogen-bond acceptors (Lipinski definition) is 3. The van der Waals surface area contributed by atoms with E-state index in [2.05, 4.69) is 0 Å². The molecule has 0 aromatic heterocycles. The molecule has 0 aliphatic rings. The highest BCUT2D eigenvalue weighted by Crippen LogP contribution is 1.89. The standard InChI is InChI=1S/C6H14ClNO2.ClH/c1-5(8)3-10-4-6(9)2-7;/h5-6,9H,2-4,8H2,1H3;1H/t5-,6-;/m1./s1. The smallest absolute Gasteiger partial charge is 0.0908 e. The van der Waals surface area contributed by atoms with E-state index in [0.717, 1.165) is 0 Å². The van der Waals surface area contributed by atoms with Crippen LogP contribution < -0.4 is 5.73 Å². The Morgan fingerprint density at radius 1 is 1.55 bits per heavy atom. The maximum Gasteiger partial charge on any atom is 0.0908 e. The Labute approximate surface area is 78.3 Å². The first-order valence-corrected chi connectivity index (χ1v) is 3.77. The van der Waals surface area contributed by atoms with E-state index in [-0.39, 0.29) is 30.9 Å². The second-order valence-electron chi connectivity index (χ2n) is 2.32. The van der Waals surface area contributed by atoms with Gasteiger partial charge < -0.3 is 15.6 Å². The van der Waals surface area contributed by atoms with Crippen LogP contribution in [0.5, 0.6) is 0 Å². The third kappa shape index (κ3) is 10.5. The summed E-state index contributed by atoms with van der Waals surface area (Å²) in [7, 11) is 0. The minimum Gasteiger partial charge on any atom is -0.389 e. The van der Waals surface area contributed by atoms with Gasteiger partial charge in [0.1, 0.15) is 0 Å². The molecule has 5 heteroatoms. The average molecular weight is 204 g/mol. The molecule has 0 bridgehead atoms. The number of aliphatic hydroxyl groups is 1. The normalized spacial score (nSPS) is 15.3. The predicted molar refractivity (Wildman–Crippen MR) is 48.4 cm³/mol. The molecule has 0 saturated carbocycles. The van der Waals surface area contributed by atoms with Gasteiger partial charge >= 0.3 is 0 Å². The van der Waals surface area contributed by atoms with Gasteiger partial charge in [-0.25, -0.2) is 0 Å². The zero-order valence-corrected chi connectivity index (χ0v) is 8.07. The van der Waals surface area contributed by atoms with Gasteiger partial charge in [-0.15, -0.1) is 24.0 Å². The molecule has 3 N–H and O–H groups in total. The quantitative estimate of drug-likeness (QED) is 0.636. The molecule has 0 heterocycles. The number of nitrogens with two attached hydrogens (primary N) is 1. The number of ether oxygens (including phenoxy) is 1. The van der Waals surface area contributed by atoms with Crippen LogP contribution in [0.1, 0.15) is 6.92 Å². The topological polar surface area (TPSA) is 55.5 Å². The maximum atomic E-state index is 8.87. The first kappa shape index (κ1) is 14.0. The third-order valence-corrected chi connectivity index (χ3v) is 1.23. The number of hydrogen-bond donors (Lipinski definition) is 2. The molecule has 2 atom stereocenters. The largest absolute Gasteiger partial charge is 0.389 e. The van der Waals surface area contributed by atoms with Crippen LogP contribution in [0.3, 0.4) is 0 Å². The van der Waals surface area contributed by atoms with Gasteiger partial charge in [0.25, 0.3) is 0 Å². The fourth-order valence-corrected chi connectivity index (χ4v) is 0.524. The zero-order valence-electron chi connectivity index (χ0n) is 6.50. The highest BCUT2D eigenvalue weighted by molar-refractivity contribution is 6.18. The Morgan fingerprint density at radius 3 is 2.45 bits per heavy atom. The number of halogens is 2. The van der Waals surface area contributed by atoms with Crippen molar-refractivity contribution in [2.75, 3.05) is 19.1 Å². The Morgan fingerprint density at radius 2 is 2.09 bits per heavy atom. The highest BCUT2D eigenvalue weighted by Gasteiger charge is 2.01. The van der Waals surface area contributed by atoms with Crippen molar-refractivity contribution in [1.82, 2.24) is 0 Å². The summed E-state index contributed by atoms with van der Waals surface area (Å²) in [6.07, 6.45) is -0.569. The molecule has 0 unspecified atom stereocenters. The Balaban J connectivity index is 0. The van der Waals surface area contributed by atoms with E-state index >= 15 is 0 Å². The summed E-state index contributed by atoms with van der Waals surface area (Å²) in [6, 6.07) is 0.0162. The van der Waals surface area contributed by atoms with Gasteiger partial charge in [0.05, 0.1) is 25.2 Å². The summed E-state index contributed by atoms with van der Waals surface area (Å²) in [5, 5.41) is 8.87. The molecule has 0 radical (unpaired) electrons. The van der Waals surface area contributed by atoms with Crippen LogP contribution in [-0.2, 0) is 4.74 Å². The Hall–Kier alpha value is 0.460. The van der Waals surface area contributed by atoms with Gasteiger partial charge in [0.15, 0.2) is 0 Å². The van der Waals surface area contributed by atoms with E-state index in [0.29, 0.717) is 6.61 Å². The first-order chi connectivity index (χ1) is 4.66. The molecule has 0 aliphatic heterocycles. The third-order valence-electron chi connectivity index (χ3n) is 0.869. The van der Waals surface area contributed by atoms with E-state index in [4.69, 9.17) is 27.2 Å². The molecule has 0 aliphatic carbocycles. The summed E-state index contributed by atoms with van der Waals surface area (Å²) >= 11 is 5.31. The fourth-order valence-electron chi connectivity index (χ4n) is 0.435. The monoisotopic (exact) mass is 203 g/mol. The second-order valence-corrected chi connectivity index (χ2v) is 2.63. The van der Waals surface area contributed by atoms with Crippen molar-refractivity contribution in [1.29, 1.82) is 0 Å². The van der Waals surface area contributed by atoms with E-state index in [9.17, 15) is 0 Å². The minimum atomic E-state index is -0.569. The lowest BCUT2D eigenvalue weighted by Crippen LogP contribution is -2.25. The molecule has 70 valence electrons. The van der Waals surface area contributed by atoms with Crippen LogP contribution >= 0.6 is 24.0 Å². The fraction of sp³-hybridized carbons (Fsp3) is 1.00. The van der Waals surface area contributed by atoms with Crippen LogP contribution in [0.4, 0.5) is 0 Å². The molecular weight excluding hydrogens is 189 g/mol.